The van der Waals surface area contributed by atoms with Gasteiger partial charge >= 0.3 is 0 Å². The Bertz CT molecular complexity index is 1310. The van der Waals surface area contributed by atoms with Crippen molar-refractivity contribution in [2.75, 3.05) is 31.6 Å². The number of fused-ring (bicyclic) bond motifs is 2. The van der Waals surface area contributed by atoms with Crippen LogP contribution < -0.4 is 21.5 Å². The summed E-state index contributed by atoms with van der Waals surface area (Å²) in [6, 6.07) is 9.49. The topological polar surface area (TPSA) is 97.4 Å². The average Bonchev–Trinajstić information content (AvgIpc) is 3.11. The van der Waals surface area contributed by atoms with E-state index >= 15 is 0 Å². The van der Waals surface area contributed by atoms with Crippen LogP contribution in [-0.4, -0.2) is 51.3 Å². The minimum Gasteiger partial charge on any atom is -0.374 e. The molecule has 1 aliphatic carbocycles. The van der Waals surface area contributed by atoms with Gasteiger partial charge in [-0.15, -0.1) is 0 Å². The Morgan fingerprint density at radius 3 is 2.54 bits per heavy atom. The molecular formula is C30H39Cl2N7OS. The van der Waals surface area contributed by atoms with Crippen LogP contribution in [0.4, 0.5) is 5.82 Å². The van der Waals surface area contributed by atoms with E-state index in [4.69, 9.17) is 35.4 Å². The summed E-state index contributed by atoms with van der Waals surface area (Å²) in [5.74, 6) is 0.396. The molecule has 2 aromatic heterocycles. The first-order chi connectivity index (χ1) is 19.9. The summed E-state index contributed by atoms with van der Waals surface area (Å²) in [4.78, 5) is 11.2. The number of benzene rings is 1. The number of aliphatic hydroxyl groups is 1. The Kier molecular flexibility index (Phi) is 12.0. The van der Waals surface area contributed by atoms with Crippen molar-refractivity contribution >= 4 is 46.4 Å². The smallest absolute Gasteiger partial charge is 0.185 e. The normalized spacial score (nSPS) is 15.0. The fourth-order valence-corrected chi connectivity index (χ4v) is 5.75. The summed E-state index contributed by atoms with van der Waals surface area (Å²) in [6.45, 7) is 8.30. The first-order valence-electron chi connectivity index (χ1n) is 14.2. The van der Waals surface area contributed by atoms with Gasteiger partial charge in [-0.05, 0) is 111 Å². The predicted octanol–water partition coefficient (Wildman–Crippen LogP) is 5.56. The quantitative estimate of drug-likeness (QED) is 0.0733. The number of pyridine rings is 2. The molecule has 0 aliphatic heterocycles. The number of rotatable bonds is 13. The zero-order chi connectivity index (χ0) is 29.2. The molecule has 0 spiro atoms. The number of hydrogen-bond donors (Lipinski definition) is 5. The van der Waals surface area contributed by atoms with E-state index in [0.29, 0.717) is 33.1 Å². The molecule has 2 atom stereocenters. The third-order valence-corrected chi connectivity index (χ3v) is 7.90. The molecule has 3 aromatic rings. The van der Waals surface area contributed by atoms with Crippen molar-refractivity contribution < 1.29 is 5.11 Å². The van der Waals surface area contributed by atoms with Gasteiger partial charge in [0.1, 0.15) is 6.23 Å². The van der Waals surface area contributed by atoms with Gasteiger partial charge in [0.25, 0.3) is 0 Å². The highest BCUT2D eigenvalue weighted by Crippen LogP contribution is 2.33. The first-order valence-corrected chi connectivity index (χ1v) is 15.4. The highest BCUT2D eigenvalue weighted by Gasteiger charge is 2.25. The molecule has 11 heteroatoms. The van der Waals surface area contributed by atoms with E-state index < -0.39 is 6.23 Å². The Hall–Kier alpha value is -2.53. The minimum absolute atomic E-state index is 0.222. The zero-order valence-electron chi connectivity index (χ0n) is 23.6. The number of nitrogens with one attached hydrogen (secondary N) is 4. The molecule has 0 fully saturated rings. The molecule has 0 saturated carbocycles. The Morgan fingerprint density at radius 2 is 1.80 bits per heavy atom. The molecule has 4 rings (SSSR count). The molecule has 5 N–H and O–H groups in total. The number of aliphatic hydroxyl groups excluding tert-OH is 1. The number of halogens is 2. The summed E-state index contributed by atoms with van der Waals surface area (Å²) < 4.78 is 0. The second-order valence-electron chi connectivity index (χ2n) is 10.2. The molecule has 2 unspecified atom stereocenters. The number of thiocarbonyl (C=S) groups is 1. The highest BCUT2D eigenvalue weighted by molar-refractivity contribution is 7.80. The van der Waals surface area contributed by atoms with Crippen molar-refractivity contribution in [1.82, 2.24) is 30.9 Å². The maximum absolute atomic E-state index is 10.6. The molecule has 0 amide bonds. The van der Waals surface area contributed by atoms with Crippen molar-refractivity contribution in [2.24, 2.45) is 0 Å². The number of aryl methyl sites for hydroxylation is 2. The standard InChI is InChI=1S/C30H39Cl2N7OS/c1-3-13-39(14-4-2)15-5-11-34-29(40)22-16-26(32)28(35-18-22)37-38-30(41)36-27-24-17-23(31)9-8-20(24)6-7-21-10-12-33-19-25(21)27/h8-10,12,16-19,27,29,34,40H,3-7,11,13-15H2,1-2H3,(H,35,37)(H2,36,38,41). The van der Waals surface area contributed by atoms with Gasteiger partial charge in [-0.3, -0.25) is 21.2 Å². The monoisotopic (exact) mass is 615 g/mol. The van der Waals surface area contributed by atoms with Crippen LogP contribution >= 0.6 is 35.4 Å². The fraction of sp³-hybridized carbons (Fsp3) is 0.433. The third kappa shape index (κ3) is 8.73. The number of anilines is 1. The maximum atomic E-state index is 10.6. The Balaban J connectivity index is 1.33. The third-order valence-electron chi connectivity index (χ3n) is 7.16. The van der Waals surface area contributed by atoms with E-state index in [2.05, 4.69) is 56.3 Å². The summed E-state index contributed by atoms with van der Waals surface area (Å²) in [7, 11) is 0. The fourth-order valence-electron chi connectivity index (χ4n) is 5.18. The van der Waals surface area contributed by atoms with Crippen LogP contribution in [0.1, 0.15) is 73.2 Å². The highest BCUT2D eigenvalue weighted by atomic mass is 35.5. The van der Waals surface area contributed by atoms with Gasteiger partial charge in [-0.1, -0.05) is 43.1 Å². The zero-order valence-corrected chi connectivity index (χ0v) is 25.9. The van der Waals surface area contributed by atoms with Gasteiger partial charge in [-0.25, -0.2) is 4.98 Å². The first kappa shape index (κ1) is 31.4. The summed E-state index contributed by atoms with van der Waals surface area (Å²) in [5.41, 5.74) is 11.1. The molecule has 0 bridgehead atoms. The predicted molar refractivity (Wildman–Crippen MR) is 171 cm³/mol. The number of hydrazine groups is 1. The van der Waals surface area contributed by atoms with E-state index in [0.717, 1.165) is 62.9 Å². The van der Waals surface area contributed by atoms with Crippen LogP contribution in [0.2, 0.25) is 10.0 Å². The van der Waals surface area contributed by atoms with Crippen LogP contribution in [0, 0.1) is 0 Å². The average molecular weight is 617 g/mol. The molecule has 220 valence electrons. The molecule has 41 heavy (non-hydrogen) atoms. The van der Waals surface area contributed by atoms with Crippen molar-refractivity contribution in [1.29, 1.82) is 0 Å². The SMILES string of the molecule is CCCN(CCC)CCCNC(O)c1cnc(NNC(=S)NC2c3cnccc3CCc3ccc(Cl)cc32)c(Cl)c1. The second kappa shape index (κ2) is 15.6. The van der Waals surface area contributed by atoms with Crippen LogP contribution in [0.5, 0.6) is 0 Å². The Labute approximate surface area is 258 Å². The molecule has 8 nitrogen and oxygen atoms in total. The van der Waals surface area contributed by atoms with Crippen molar-refractivity contribution in [3.8, 4) is 0 Å². The second-order valence-corrected chi connectivity index (χ2v) is 11.5. The van der Waals surface area contributed by atoms with E-state index in [9.17, 15) is 5.11 Å². The van der Waals surface area contributed by atoms with Gasteiger partial charge in [0.15, 0.2) is 10.9 Å². The maximum Gasteiger partial charge on any atom is 0.185 e. The summed E-state index contributed by atoms with van der Waals surface area (Å²) in [5, 5.41) is 18.6. The molecule has 1 aromatic carbocycles. The molecule has 0 saturated heterocycles. The van der Waals surface area contributed by atoms with Crippen molar-refractivity contribution in [3.63, 3.8) is 0 Å². The minimum atomic E-state index is -0.855. The van der Waals surface area contributed by atoms with Crippen LogP contribution in [0.15, 0.2) is 48.9 Å². The largest absolute Gasteiger partial charge is 0.374 e. The van der Waals surface area contributed by atoms with E-state index in [1.165, 1.54) is 11.1 Å². The van der Waals surface area contributed by atoms with Gasteiger partial charge in [-0.2, -0.15) is 0 Å². The van der Waals surface area contributed by atoms with Crippen molar-refractivity contribution in [3.05, 3.63) is 86.8 Å². The van der Waals surface area contributed by atoms with E-state index in [-0.39, 0.29) is 6.04 Å². The van der Waals surface area contributed by atoms with Gasteiger partial charge in [0.05, 0.1) is 11.1 Å². The van der Waals surface area contributed by atoms with Crippen LogP contribution in [0.25, 0.3) is 0 Å². The van der Waals surface area contributed by atoms with E-state index in [1.807, 2.05) is 30.6 Å². The number of hydrogen-bond acceptors (Lipinski definition) is 7. The molecule has 2 heterocycles. The van der Waals surface area contributed by atoms with Gasteiger partial charge in [0, 0.05) is 34.7 Å². The lowest BCUT2D eigenvalue weighted by Crippen LogP contribution is -2.41. The van der Waals surface area contributed by atoms with Crippen molar-refractivity contribution in [2.45, 2.75) is 58.2 Å². The lowest BCUT2D eigenvalue weighted by molar-refractivity contribution is 0.136. The van der Waals surface area contributed by atoms with Crippen LogP contribution in [0.3, 0.4) is 0 Å². The summed E-state index contributed by atoms with van der Waals surface area (Å²) in [6.07, 6.45) is 9.48. The lowest BCUT2D eigenvalue weighted by atomic mass is 9.96. The van der Waals surface area contributed by atoms with E-state index in [1.54, 1.807) is 12.3 Å². The van der Waals surface area contributed by atoms with Gasteiger partial charge < -0.3 is 15.3 Å². The molecule has 1 aliphatic rings. The lowest BCUT2D eigenvalue weighted by Gasteiger charge is -2.24. The van der Waals surface area contributed by atoms with Gasteiger partial charge in [0.2, 0.25) is 0 Å². The Morgan fingerprint density at radius 1 is 1.05 bits per heavy atom. The molecular weight excluding hydrogens is 577 g/mol. The number of nitrogens with zero attached hydrogens (tertiary/aromatic N) is 3. The molecule has 0 radical (unpaired) electrons. The summed E-state index contributed by atoms with van der Waals surface area (Å²) >= 11 is 18.5. The number of aromatic nitrogens is 2. The van der Waals surface area contributed by atoms with Crippen LogP contribution in [-0.2, 0) is 12.8 Å².